The Morgan fingerprint density at radius 3 is 2.48 bits per heavy atom. The number of para-hydroxylation sites is 1. The molecular formula is C22H17ClO4. The standard InChI is InChI=1S/C22H17ClO4/c23-16-8-6-15(7-9-16)13-25-18-10-11-19-20(12-18)26-14-21(22(19)24)27-17-4-2-1-3-5-17/h1-12,14,22,24H,13H2. The highest BCUT2D eigenvalue weighted by atomic mass is 35.5. The molecule has 0 fully saturated rings. The predicted octanol–water partition coefficient (Wildman–Crippen LogP) is 5.27. The maximum Gasteiger partial charge on any atom is 0.172 e. The van der Waals surface area contributed by atoms with Crippen molar-refractivity contribution >= 4 is 11.6 Å². The second-order valence-electron chi connectivity index (χ2n) is 6.07. The van der Waals surface area contributed by atoms with Crippen molar-refractivity contribution in [1.29, 1.82) is 0 Å². The monoisotopic (exact) mass is 380 g/mol. The van der Waals surface area contributed by atoms with Crippen molar-refractivity contribution in [3.8, 4) is 17.2 Å². The van der Waals surface area contributed by atoms with E-state index in [1.807, 2.05) is 54.6 Å². The number of fused-ring (bicyclic) bond motifs is 1. The molecule has 1 atom stereocenters. The lowest BCUT2D eigenvalue weighted by Crippen LogP contribution is -2.14. The zero-order valence-corrected chi connectivity index (χ0v) is 15.1. The molecule has 136 valence electrons. The molecule has 0 aromatic heterocycles. The molecular weight excluding hydrogens is 364 g/mol. The van der Waals surface area contributed by atoms with Gasteiger partial charge in [0, 0.05) is 16.7 Å². The first-order valence-corrected chi connectivity index (χ1v) is 8.86. The van der Waals surface area contributed by atoms with Gasteiger partial charge in [0.2, 0.25) is 0 Å². The van der Waals surface area contributed by atoms with Crippen LogP contribution in [0.15, 0.2) is 84.8 Å². The minimum atomic E-state index is -0.903. The maximum absolute atomic E-state index is 10.6. The third-order valence-electron chi connectivity index (χ3n) is 4.15. The topological polar surface area (TPSA) is 47.9 Å². The smallest absolute Gasteiger partial charge is 0.172 e. The van der Waals surface area contributed by atoms with Crippen LogP contribution in [-0.4, -0.2) is 5.11 Å². The van der Waals surface area contributed by atoms with E-state index < -0.39 is 6.10 Å². The van der Waals surface area contributed by atoms with Gasteiger partial charge in [0.25, 0.3) is 0 Å². The van der Waals surface area contributed by atoms with E-state index in [-0.39, 0.29) is 0 Å². The van der Waals surface area contributed by atoms with E-state index in [0.717, 1.165) is 5.56 Å². The molecule has 1 aliphatic heterocycles. The Kier molecular flexibility index (Phi) is 5.01. The number of ether oxygens (including phenoxy) is 3. The summed E-state index contributed by atoms with van der Waals surface area (Å²) in [5.41, 5.74) is 1.64. The maximum atomic E-state index is 10.6. The Morgan fingerprint density at radius 1 is 0.926 bits per heavy atom. The average Bonchev–Trinajstić information content (AvgIpc) is 2.70. The number of hydrogen-bond donors (Lipinski definition) is 1. The molecule has 5 heteroatoms. The number of benzene rings is 3. The minimum absolute atomic E-state index is 0.337. The zero-order valence-electron chi connectivity index (χ0n) is 14.3. The molecule has 3 aromatic rings. The molecule has 0 amide bonds. The summed E-state index contributed by atoms with van der Waals surface area (Å²) in [6, 6.07) is 22.1. The number of aliphatic hydroxyl groups excluding tert-OH is 1. The highest BCUT2D eigenvalue weighted by Gasteiger charge is 2.25. The van der Waals surface area contributed by atoms with E-state index in [1.165, 1.54) is 6.26 Å². The van der Waals surface area contributed by atoms with E-state index in [0.29, 0.717) is 40.2 Å². The van der Waals surface area contributed by atoms with Crippen molar-refractivity contribution < 1.29 is 19.3 Å². The van der Waals surface area contributed by atoms with E-state index >= 15 is 0 Å². The number of aliphatic hydroxyl groups is 1. The lowest BCUT2D eigenvalue weighted by Gasteiger charge is -2.23. The first-order valence-electron chi connectivity index (χ1n) is 8.48. The normalized spacial score (nSPS) is 15.3. The predicted molar refractivity (Wildman–Crippen MR) is 103 cm³/mol. The molecule has 0 spiro atoms. The second-order valence-corrected chi connectivity index (χ2v) is 6.51. The summed E-state index contributed by atoms with van der Waals surface area (Å²) in [6.07, 6.45) is 0.516. The molecule has 1 N–H and O–H groups in total. The second kappa shape index (κ2) is 7.74. The highest BCUT2D eigenvalue weighted by Crippen LogP contribution is 2.37. The number of rotatable bonds is 5. The van der Waals surface area contributed by atoms with Gasteiger partial charge in [-0.05, 0) is 42.0 Å². The van der Waals surface area contributed by atoms with Crippen molar-refractivity contribution in [2.24, 2.45) is 0 Å². The summed E-state index contributed by atoms with van der Waals surface area (Å²) in [4.78, 5) is 0. The first kappa shape index (κ1) is 17.5. The van der Waals surface area contributed by atoms with Crippen molar-refractivity contribution in [3.05, 3.63) is 101 Å². The van der Waals surface area contributed by atoms with Crippen molar-refractivity contribution in [1.82, 2.24) is 0 Å². The number of halogens is 1. The summed E-state index contributed by atoms with van der Waals surface area (Å²) in [5, 5.41) is 11.3. The van der Waals surface area contributed by atoms with E-state index in [1.54, 1.807) is 18.2 Å². The largest absolute Gasteiger partial charge is 0.489 e. The Morgan fingerprint density at radius 2 is 1.70 bits per heavy atom. The highest BCUT2D eigenvalue weighted by molar-refractivity contribution is 6.30. The van der Waals surface area contributed by atoms with Crippen LogP contribution in [0, 0.1) is 0 Å². The Labute approximate surface area is 162 Å². The summed E-state index contributed by atoms with van der Waals surface area (Å²) < 4.78 is 17.2. The summed E-state index contributed by atoms with van der Waals surface area (Å²) in [5.74, 6) is 2.16. The van der Waals surface area contributed by atoms with Gasteiger partial charge in [0.15, 0.2) is 5.76 Å². The molecule has 0 radical (unpaired) electrons. The molecule has 0 saturated heterocycles. The van der Waals surface area contributed by atoms with Crippen molar-refractivity contribution in [2.45, 2.75) is 12.7 Å². The Bertz CT molecular complexity index is 952. The number of hydrogen-bond acceptors (Lipinski definition) is 4. The van der Waals surface area contributed by atoms with Gasteiger partial charge in [0.05, 0.1) is 0 Å². The van der Waals surface area contributed by atoms with Crippen LogP contribution in [0.25, 0.3) is 0 Å². The van der Waals surface area contributed by atoms with Crippen molar-refractivity contribution in [3.63, 3.8) is 0 Å². The fourth-order valence-electron chi connectivity index (χ4n) is 2.72. The van der Waals surface area contributed by atoms with E-state index in [9.17, 15) is 5.11 Å². The molecule has 1 aliphatic rings. The molecule has 4 nitrogen and oxygen atoms in total. The van der Waals surface area contributed by atoms with Crippen LogP contribution < -0.4 is 14.2 Å². The van der Waals surface area contributed by atoms with Crippen LogP contribution in [0.5, 0.6) is 17.2 Å². The van der Waals surface area contributed by atoms with Crippen LogP contribution in [0.1, 0.15) is 17.2 Å². The zero-order chi connectivity index (χ0) is 18.6. The fourth-order valence-corrected chi connectivity index (χ4v) is 2.85. The fraction of sp³-hybridized carbons (Fsp3) is 0.0909. The third kappa shape index (κ3) is 4.08. The molecule has 1 unspecified atom stereocenters. The van der Waals surface area contributed by atoms with Crippen LogP contribution >= 0.6 is 11.6 Å². The molecule has 1 heterocycles. The minimum Gasteiger partial charge on any atom is -0.489 e. The summed E-state index contributed by atoms with van der Waals surface area (Å²) >= 11 is 5.89. The third-order valence-corrected chi connectivity index (χ3v) is 4.40. The van der Waals surface area contributed by atoms with Gasteiger partial charge in [-0.25, -0.2) is 0 Å². The lowest BCUT2D eigenvalue weighted by molar-refractivity contribution is 0.144. The van der Waals surface area contributed by atoms with Gasteiger partial charge in [-0.15, -0.1) is 0 Å². The molecule has 0 saturated carbocycles. The van der Waals surface area contributed by atoms with Gasteiger partial charge >= 0.3 is 0 Å². The van der Waals surface area contributed by atoms with Crippen LogP contribution in [0.4, 0.5) is 0 Å². The quantitative estimate of drug-likeness (QED) is 0.655. The van der Waals surface area contributed by atoms with E-state index in [4.69, 9.17) is 25.8 Å². The van der Waals surface area contributed by atoms with Gasteiger partial charge in [0.1, 0.15) is 36.2 Å². The first-order chi connectivity index (χ1) is 13.2. The summed E-state index contributed by atoms with van der Waals surface area (Å²) in [7, 11) is 0. The molecule has 27 heavy (non-hydrogen) atoms. The van der Waals surface area contributed by atoms with Crippen LogP contribution in [0.3, 0.4) is 0 Å². The Hall–Kier alpha value is -2.95. The van der Waals surface area contributed by atoms with Crippen LogP contribution in [0.2, 0.25) is 5.02 Å². The van der Waals surface area contributed by atoms with E-state index in [2.05, 4.69) is 0 Å². The van der Waals surface area contributed by atoms with Gasteiger partial charge < -0.3 is 19.3 Å². The molecule has 0 bridgehead atoms. The average molecular weight is 381 g/mol. The van der Waals surface area contributed by atoms with Crippen LogP contribution in [-0.2, 0) is 6.61 Å². The van der Waals surface area contributed by atoms with Gasteiger partial charge in [-0.1, -0.05) is 41.9 Å². The lowest BCUT2D eigenvalue weighted by atomic mass is 10.0. The Balaban J connectivity index is 1.45. The van der Waals surface area contributed by atoms with Crippen molar-refractivity contribution in [2.75, 3.05) is 0 Å². The molecule has 4 rings (SSSR count). The molecule has 0 aliphatic carbocycles. The summed E-state index contributed by atoms with van der Waals surface area (Å²) in [6.45, 7) is 0.413. The SMILES string of the molecule is OC1C(Oc2ccccc2)=COc2cc(OCc3ccc(Cl)cc3)ccc21. The van der Waals surface area contributed by atoms with Gasteiger partial charge in [-0.2, -0.15) is 0 Å². The van der Waals surface area contributed by atoms with Gasteiger partial charge in [-0.3, -0.25) is 0 Å². The molecule has 3 aromatic carbocycles.